The van der Waals surface area contributed by atoms with Gasteiger partial charge in [0.25, 0.3) is 0 Å². The molecule has 0 spiro atoms. The monoisotopic (exact) mass is 289 g/mol. The molecule has 1 aliphatic rings. The van der Waals surface area contributed by atoms with Gasteiger partial charge in [0, 0.05) is 32.4 Å². The number of likely N-dealkylation sites (tertiary alicyclic amines) is 1. The summed E-state index contributed by atoms with van der Waals surface area (Å²) >= 11 is 0. The molecule has 1 heterocycles. The lowest BCUT2D eigenvalue weighted by Gasteiger charge is -2.37. The Hall–Kier alpha value is -1.06. The van der Waals surface area contributed by atoms with Gasteiger partial charge in [-0.2, -0.15) is 0 Å². The molecule has 21 heavy (non-hydrogen) atoms. The average Bonchev–Trinajstić information content (AvgIpc) is 2.50. The molecule has 3 nitrogen and oxygen atoms in total. The first-order chi connectivity index (χ1) is 10.2. The molecule has 0 bridgehead atoms. The summed E-state index contributed by atoms with van der Waals surface area (Å²) < 4.78 is 0. The van der Waals surface area contributed by atoms with Crippen molar-refractivity contribution >= 4 is 5.69 Å². The van der Waals surface area contributed by atoms with E-state index in [0.29, 0.717) is 12.6 Å². The highest BCUT2D eigenvalue weighted by Crippen LogP contribution is 2.29. The van der Waals surface area contributed by atoms with Crippen LogP contribution >= 0.6 is 0 Å². The second-order valence-electron chi connectivity index (χ2n) is 6.51. The minimum Gasteiger partial charge on any atom is -0.378 e. The van der Waals surface area contributed by atoms with Gasteiger partial charge >= 0.3 is 0 Å². The first-order valence-electron chi connectivity index (χ1n) is 8.37. The zero-order chi connectivity index (χ0) is 15.2. The minimum atomic E-state index is 0.379. The Kier molecular flexibility index (Phi) is 6.07. The van der Waals surface area contributed by atoms with Crippen LogP contribution in [0.3, 0.4) is 0 Å². The van der Waals surface area contributed by atoms with E-state index in [1.165, 1.54) is 50.0 Å². The molecular formula is C18H31N3. The van der Waals surface area contributed by atoms with Crippen LogP contribution < -0.4 is 10.6 Å². The number of anilines is 1. The molecule has 0 amide bonds. The Morgan fingerprint density at radius 1 is 1.19 bits per heavy atom. The van der Waals surface area contributed by atoms with E-state index in [1.807, 2.05) is 0 Å². The predicted octanol–water partition coefficient (Wildman–Crippen LogP) is 3.26. The van der Waals surface area contributed by atoms with E-state index in [1.54, 1.807) is 0 Å². The first kappa shape index (κ1) is 16.3. The number of hydrogen-bond acceptors (Lipinski definition) is 3. The van der Waals surface area contributed by atoms with Crippen LogP contribution in [0, 0.1) is 5.92 Å². The highest BCUT2D eigenvalue weighted by atomic mass is 15.2. The number of benzene rings is 1. The average molecular weight is 289 g/mol. The summed E-state index contributed by atoms with van der Waals surface area (Å²) in [6.07, 6.45) is 5.37. The quantitative estimate of drug-likeness (QED) is 0.872. The van der Waals surface area contributed by atoms with E-state index < -0.39 is 0 Å². The predicted molar refractivity (Wildman–Crippen MR) is 91.8 cm³/mol. The van der Waals surface area contributed by atoms with Crippen molar-refractivity contribution in [2.75, 3.05) is 38.6 Å². The molecule has 1 atom stereocenters. The van der Waals surface area contributed by atoms with Gasteiger partial charge < -0.3 is 10.6 Å². The summed E-state index contributed by atoms with van der Waals surface area (Å²) in [7, 11) is 4.15. The molecule has 1 unspecified atom stereocenters. The number of piperidine rings is 1. The van der Waals surface area contributed by atoms with Crippen LogP contribution in [0.15, 0.2) is 24.3 Å². The molecule has 2 N–H and O–H groups in total. The van der Waals surface area contributed by atoms with E-state index >= 15 is 0 Å². The van der Waals surface area contributed by atoms with Gasteiger partial charge in [-0.05, 0) is 49.5 Å². The summed E-state index contributed by atoms with van der Waals surface area (Å²) in [6.45, 7) is 5.39. The molecule has 2 rings (SSSR count). The lowest BCUT2D eigenvalue weighted by atomic mass is 9.91. The fraction of sp³-hybridized carbons (Fsp3) is 0.667. The van der Waals surface area contributed by atoms with Crippen LogP contribution in [0.2, 0.25) is 0 Å². The standard InChI is InChI=1S/C18H31N3/c1-4-5-15-10-12-21(13-11-15)18(14-19)16-6-8-17(9-7-16)20(2)3/h6-9,15,18H,4-5,10-14,19H2,1-3H3. The van der Waals surface area contributed by atoms with Crippen molar-refractivity contribution in [1.29, 1.82) is 0 Å². The number of nitrogens with two attached hydrogens (primary N) is 1. The van der Waals surface area contributed by atoms with Crippen LogP contribution in [-0.2, 0) is 0 Å². The molecule has 0 aromatic heterocycles. The van der Waals surface area contributed by atoms with Gasteiger partial charge in [-0.3, -0.25) is 4.90 Å². The third kappa shape index (κ3) is 4.21. The molecule has 1 aliphatic heterocycles. The lowest BCUT2D eigenvalue weighted by molar-refractivity contribution is 0.132. The van der Waals surface area contributed by atoms with E-state index in [0.717, 1.165) is 5.92 Å². The van der Waals surface area contributed by atoms with E-state index in [4.69, 9.17) is 5.73 Å². The zero-order valence-electron chi connectivity index (χ0n) is 13.9. The smallest absolute Gasteiger partial charge is 0.0470 e. The Morgan fingerprint density at radius 3 is 2.29 bits per heavy atom. The number of rotatable bonds is 6. The molecule has 1 aromatic carbocycles. The number of nitrogens with zero attached hydrogens (tertiary/aromatic N) is 2. The topological polar surface area (TPSA) is 32.5 Å². The fourth-order valence-electron chi connectivity index (χ4n) is 3.45. The van der Waals surface area contributed by atoms with Crippen molar-refractivity contribution in [3.8, 4) is 0 Å². The minimum absolute atomic E-state index is 0.379. The maximum atomic E-state index is 6.07. The van der Waals surface area contributed by atoms with Gasteiger partial charge in [0.15, 0.2) is 0 Å². The van der Waals surface area contributed by atoms with Crippen molar-refractivity contribution in [2.24, 2.45) is 11.7 Å². The number of hydrogen-bond donors (Lipinski definition) is 1. The van der Waals surface area contributed by atoms with E-state index in [2.05, 4.69) is 55.1 Å². The maximum absolute atomic E-state index is 6.07. The van der Waals surface area contributed by atoms with Gasteiger partial charge in [-0.25, -0.2) is 0 Å². The largest absolute Gasteiger partial charge is 0.378 e. The van der Waals surface area contributed by atoms with Gasteiger partial charge in [0.2, 0.25) is 0 Å². The van der Waals surface area contributed by atoms with Crippen LogP contribution in [0.1, 0.15) is 44.2 Å². The Balaban J connectivity index is 1.99. The molecular weight excluding hydrogens is 258 g/mol. The second-order valence-corrected chi connectivity index (χ2v) is 6.51. The maximum Gasteiger partial charge on any atom is 0.0470 e. The van der Waals surface area contributed by atoms with Gasteiger partial charge in [0.05, 0.1) is 0 Å². The Labute approximate surface area is 130 Å². The molecule has 0 aliphatic carbocycles. The van der Waals surface area contributed by atoms with Crippen LogP contribution in [0.4, 0.5) is 5.69 Å². The Bertz CT molecular complexity index is 405. The van der Waals surface area contributed by atoms with Gasteiger partial charge in [-0.1, -0.05) is 31.9 Å². The molecule has 1 aromatic rings. The summed E-state index contributed by atoms with van der Waals surface area (Å²) in [4.78, 5) is 4.72. The molecule has 118 valence electrons. The Morgan fingerprint density at radius 2 is 1.81 bits per heavy atom. The summed E-state index contributed by atoms with van der Waals surface area (Å²) in [5.41, 5.74) is 8.68. The van der Waals surface area contributed by atoms with Gasteiger partial charge in [0.1, 0.15) is 0 Å². The van der Waals surface area contributed by atoms with E-state index in [9.17, 15) is 0 Å². The second kappa shape index (κ2) is 7.81. The molecule has 3 heteroatoms. The lowest BCUT2D eigenvalue weighted by Crippen LogP contribution is -2.39. The molecule has 0 radical (unpaired) electrons. The summed E-state index contributed by atoms with van der Waals surface area (Å²) in [5, 5.41) is 0. The summed E-state index contributed by atoms with van der Waals surface area (Å²) in [6, 6.07) is 9.25. The van der Waals surface area contributed by atoms with E-state index in [-0.39, 0.29) is 0 Å². The summed E-state index contributed by atoms with van der Waals surface area (Å²) in [5.74, 6) is 0.931. The zero-order valence-corrected chi connectivity index (χ0v) is 13.9. The highest BCUT2D eigenvalue weighted by molar-refractivity contribution is 5.46. The third-order valence-electron chi connectivity index (χ3n) is 4.80. The molecule has 0 saturated carbocycles. The SMILES string of the molecule is CCCC1CCN(C(CN)c2ccc(N(C)C)cc2)CC1. The highest BCUT2D eigenvalue weighted by Gasteiger charge is 2.24. The van der Waals surface area contributed by atoms with Crippen molar-refractivity contribution < 1.29 is 0 Å². The van der Waals surface area contributed by atoms with Crippen molar-refractivity contribution in [3.63, 3.8) is 0 Å². The molecule has 1 fully saturated rings. The van der Waals surface area contributed by atoms with Crippen molar-refractivity contribution in [2.45, 2.75) is 38.6 Å². The van der Waals surface area contributed by atoms with Crippen molar-refractivity contribution in [3.05, 3.63) is 29.8 Å². The normalized spacial score (nSPS) is 18.7. The van der Waals surface area contributed by atoms with Gasteiger partial charge in [-0.15, -0.1) is 0 Å². The molecule has 1 saturated heterocycles. The van der Waals surface area contributed by atoms with Crippen LogP contribution in [-0.4, -0.2) is 38.6 Å². The van der Waals surface area contributed by atoms with Crippen LogP contribution in [0.5, 0.6) is 0 Å². The van der Waals surface area contributed by atoms with Crippen LogP contribution in [0.25, 0.3) is 0 Å². The first-order valence-corrected chi connectivity index (χ1v) is 8.37. The fourth-order valence-corrected chi connectivity index (χ4v) is 3.45. The van der Waals surface area contributed by atoms with Crippen molar-refractivity contribution in [1.82, 2.24) is 4.90 Å². The third-order valence-corrected chi connectivity index (χ3v) is 4.80.